The van der Waals surface area contributed by atoms with Gasteiger partial charge in [-0.25, -0.2) is 0 Å². The molecule has 0 aliphatic heterocycles. The van der Waals surface area contributed by atoms with E-state index in [-0.39, 0.29) is 12.5 Å². The van der Waals surface area contributed by atoms with Crippen LogP contribution in [0.2, 0.25) is 5.02 Å². The van der Waals surface area contributed by atoms with Gasteiger partial charge in [-0.2, -0.15) is 0 Å². The number of benzene rings is 1. The van der Waals surface area contributed by atoms with Gasteiger partial charge < -0.3 is 20.1 Å². The molecule has 0 aromatic heterocycles. The van der Waals surface area contributed by atoms with Crippen molar-refractivity contribution in [2.24, 2.45) is 0 Å². The second-order valence-corrected chi connectivity index (χ2v) is 5.34. The molecule has 118 valence electrons. The minimum Gasteiger partial charge on any atom is -0.493 e. The quantitative estimate of drug-likeness (QED) is 0.773. The van der Waals surface area contributed by atoms with Gasteiger partial charge in [-0.3, -0.25) is 4.79 Å². The van der Waals surface area contributed by atoms with E-state index in [4.69, 9.17) is 21.1 Å². The van der Waals surface area contributed by atoms with Gasteiger partial charge >= 0.3 is 0 Å². The van der Waals surface area contributed by atoms with Crippen molar-refractivity contribution in [3.63, 3.8) is 0 Å². The van der Waals surface area contributed by atoms with E-state index in [0.29, 0.717) is 35.5 Å². The van der Waals surface area contributed by atoms with Crippen LogP contribution in [-0.4, -0.2) is 32.7 Å². The maximum absolute atomic E-state index is 11.3. The molecule has 1 aromatic rings. The maximum Gasteiger partial charge on any atom is 0.223 e. The average Bonchev–Trinajstić information content (AvgIpc) is 2.45. The largest absolute Gasteiger partial charge is 0.493 e. The van der Waals surface area contributed by atoms with Crippen molar-refractivity contribution in [2.45, 2.75) is 32.9 Å². The van der Waals surface area contributed by atoms with Gasteiger partial charge in [0.1, 0.15) is 0 Å². The van der Waals surface area contributed by atoms with Gasteiger partial charge in [-0.1, -0.05) is 25.4 Å². The Hall–Kier alpha value is -1.46. The second-order valence-electron chi connectivity index (χ2n) is 4.90. The fourth-order valence-electron chi connectivity index (χ4n) is 1.75. The summed E-state index contributed by atoms with van der Waals surface area (Å²) in [5.74, 6) is 1.13. The van der Waals surface area contributed by atoms with E-state index < -0.39 is 0 Å². The lowest BCUT2D eigenvalue weighted by Gasteiger charge is -2.17. The van der Waals surface area contributed by atoms with Crippen molar-refractivity contribution < 1.29 is 14.3 Å². The number of hydrogen-bond donors (Lipinski definition) is 2. The Kier molecular flexibility index (Phi) is 7.32. The Morgan fingerprint density at radius 1 is 1.38 bits per heavy atom. The van der Waals surface area contributed by atoms with Crippen LogP contribution in [0, 0.1) is 0 Å². The zero-order chi connectivity index (χ0) is 15.8. The molecule has 0 atom stereocenters. The molecule has 5 nitrogen and oxygen atoms in total. The third-order valence-electron chi connectivity index (χ3n) is 2.87. The van der Waals surface area contributed by atoms with E-state index in [9.17, 15) is 4.79 Å². The molecule has 0 fully saturated rings. The highest BCUT2D eigenvalue weighted by atomic mass is 35.5. The van der Waals surface area contributed by atoms with Crippen LogP contribution in [0.1, 0.15) is 25.8 Å². The van der Waals surface area contributed by atoms with Gasteiger partial charge in [0.2, 0.25) is 5.91 Å². The van der Waals surface area contributed by atoms with E-state index in [2.05, 4.69) is 24.5 Å². The fourth-order valence-corrected chi connectivity index (χ4v) is 1.99. The highest BCUT2D eigenvalue weighted by Gasteiger charge is 2.13. The highest BCUT2D eigenvalue weighted by Crippen LogP contribution is 2.34. The predicted molar refractivity (Wildman–Crippen MR) is 84.2 cm³/mol. The van der Waals surface area contributed by atoms with Crippen LogP contribution in [0.3, 0.4) is 0 Å². The molecule has 0 saturated heterocycles. The SMILES string of the molecule is CNC(=O)CCOc1c(CNC(C)C)cc(Cl)cc1OC. The molecule has 2 N–H and O–H groups in total. The molecule has 6 heteroatoms. The molecule has 0 aliphatic rings. The number of carbonyl (C=O) groups excluding carboxylic acids is 1. The fraction of sp³-hybridized carbons (Fsp3) is 0.533. The van der Waals surface area contributed by atoms with Crippen molar-refractivity contribution in [3.05, 3.63) is 22.7 Å². The van der Waals surface area contributed by atoms with Gasteiger partial charge in [0.15, 0.2) is 11.5 Å². The zero-order valence-electron chi connectivity index (χ0n) is 13.0. The number of hydrogen-bond acceptors (Lipinski definition) is 4. The van der Waals surface area contributed by atoms with E-state index >= 15 is 0 Å². The summed E-state index contributed by atoms with van der Waals surface area (Å²) < 4.78 is 11.1. The van der Waals surface area contributed by atoms with Crippen molar-refractivity contribution in [1.29, 1.82) is 0 Å². The number of ether oxygens (including phenoxy) is 2. The normalized spacial score (nSPS) is 10.6. The number of halogens is 1. The molecule has 0 heterocycles. The second kappa shape index (κ2) is 8.74. The van der Waals surface area contributed by atoms with E-state index in [1.54, 1.807) is 20.2 Å². The van der Waals surface area contributed by atoms with Crippen LogP contribution in [-0.2, 0) is 11.3 Å². The molecule has 0 spiro atoms. The van der Waals surface area contributed by atoms with Gasteiger partial charge in [0.25, 0.3) is 0 Å². The highest BCUT2D eigenvalue weighted by molar-refractivity contribution is 6.30. The molecule has 1 amide bonds. The molecule has 0 saturated carbocycles. The Morgan fingerprint density at radius 2 is 2.10 bits per heavy atom. The lowest BCUT2D eigenvalue weighted by Crippen LogP contribution is -2.23. The van der Waals surface area contributed by atoms with Crippen LogP contribution < -0.4 is 20.1 Å². The molecule has 0 radical (unpaired) electrons. The minimum absolute atomic E-state index is 0.0650. The topological polar surface area (TPSA) is 59.6 Å². The van der Waals surface area contributed by atoms with Crippen LogP contribution in [0.15, 0.2) is 12.1 Å². The van der Waals surface area contributed by atoms with E-state index in [1.165, 1.54) is 0 Å². The number of nitrogens with one attached hydrogen (secondary N) is 2. The van der Waals surface area contributed by atoms with Gasteiger partial charge in [0.05, 0.1) is 20.1 Å². The monoisotopic (exact) mass is 314 g/mol. The summed E-state index contributed by atoms with van der Waals surface area (Å²) in [7, 11) is 3.17. The Balaban J connectivity index is 2.88. The first-order chi connectivity index (χ1) is 9.97. The third kappa shape index (κ3) is 5.81. The molecule has 1 rings (SSSR count). The molecule has 21 heavy (non-hydrogen) atoms. The molecular formula is C15H23ClN2O3. The van der Waals surface area contributed by atoms with Crippen molar-refractivity contribution in [3.8, 4) is 11.5 Å². The number of amides is 1. The molecule has 0 aliphatic carbocycles. The Bertz CT molecular complexity index is 478. The van der Waals surface area contributed by atoms with Gasteiger partial charge in [0, 0.05) is 36.3 Å². The summed E-state index contributed by atoms with van der Waals surface area (Å²) >= 11 is 6.10. The van der Waals surface area contributed by atoms with Gasteiger partial charge in [-0.05, 0) is 6.07 Å². The molecule has 0 unspecified atom stereocenters. The average molecular weight is 315 g/mol. The zero-order valence-corrected chi connectivity index (χ0v) is 13.7. The summed E-state index contributed by atoms with van der Waals surface area (Å²) in [6.45, 7) is 5.03. The van der Waals surface area contributed by atoms with Crippen LogP contribution in [0.25, 0.3) is 0 Å². The Labute approximate surface area is 131 Å². The first kappa shape index (κ1) is 17.6. The smallest absolute Gasteiger partial charge is 0.223 e. The summed E-state index contributed by atoms with van der Waals surface area (Å²) in [4.78, 5) is 11.3. The number of rotatable bonds is 8. The third-order valence-corrected chi connectivity index (χ3v) is 3.09. The van der Waals surface area contributed by atoms with Crippen LogP contribution in [0.5, 0.6) is 11.5 Å². The van der Waals surface area contributed by atoms with E-state index in [0.717, 1.165) is 5.56 Å². The first-order valence-electron chi connectivity index (χ1n) is 6.91. The first-order valence-corrected chi connectivity index (χ1v) is 7.28. The van der Waals surface area contributed by atoms with Crippen molar-refractivity contribution >= 4 is 17.5 Å². The predicted octanol–water partition coefficient (Wildman–Crippen LogP) is 2.36. The maximum atomic E-state index is 11.3. The van der Waals surface area contributed by atoms with E-state index in [1.807, 2.05) is 6.07 Å². The molecule has 1 aromatic carbocycles. The molecular weight excluding hydrogens is 292 g/mol. The lowest BCUT2D eigenvalue weighted by molar-refractivity contribution is -0.121. The lowest BCUT2D eigenvalue weighted by atomic mass is 10.1. The van der Waals surface area contributed by atoms with Crippen LogP contribution >= 0.6 is 11.6 Å². The van der Waals surface area contributed by atoms with Crippen molar-refractivity contribution in [2.75, 3.05) is 20.8 Å². The molecule has 0 bridgehead atoms. The van der Waals surface area contributed by atoms with Gasteiger partial charge in [-0.15, -0.1) is 0 Å². The summed E-state index contributed by atoms with van der Waals surface area (Å²) in [6, 6.07) is 3.89. The number of carbonyl (C=O) groups is 1. The summed E-state index contributed by atoms with van der Waals surface area (Å²) in [5, 5.41) is 6.47. The summed E-state index contributed by atoms with van der Waals surface area (Å²) in [5.41, 5.74) is 0.907. The minimum atomic E-state index is -0.0650. The standard InChI is InChI=1S/C15H23ClN2O3/c1-10(2)18-9-11-7-12(16)8-13(20-4)15(11)21-6-5-14(19)17-3/h7-8,10,18H,5-6,9H2,1-4H3,(H,17,19). The Morgan fingerprint density at radius 3 is 2.67 bits per heavy atom. The number of methoxy groups -OCH3 is 1. The van der Waals surface area contributed by atoms with Crippen molar-refractivity contribution in [1.82, 2.24) is 10.6 Å². The van der Waals surface area contributed by atoms with Crippen LogP contribution in [0.4, 0.5) is 0 Å². The summed E-state index contributed by atoms with van der Waals surface area (Å²) in [6.07, 6.45) is 0.291.